The van der Waals surface area contributed by atoms with Gasteiger partial charge in [0.05, 0.1) is 6.04 Å². The zero-order valence-corrected chi connectivity index (χ0v) is 21.6. The van der Waals surface area contributed by atoms with E-state index in [1.165, 1.54) is 12.1 Å². The Bertz CT molecular complexity index is 949. The predicted octanol–water partition coefficient (Wildman–Crippen LogP) is 0.368. The van der Waals surface area contributed by atoms with Crippen molar-refractivity contribution in [3.8, 4) is 5.75 Å². The van der Waals surface area contributed by atoms with Crippen molar-refractivity contribution in [1.29, 1.82) is 0 Å². The van der Waals surface area contributed by atoms with E-state index in [4.69, 9.17) is 10.8 Å². The summed E-state index contributed by atoms with van der Waals surface area (Å²) in [6.45, 7) is 6.92. The third-order valence-electron chi connectivity index (χ3n) is 5.58. The van der Waals surface area contributed by atoms with Crippen molar-refractivity contribution >= 4 is 29.7 Å². The zero-order chi connectivity index (χ0) is 28.3. The molecule has 0 saturated carbocycles. The lowest BCUT2D eigenvalue weighted by Gasteiger charge is -2.27. The Morgan fingerprint density at radius 1 is 0.838 bits per heavy atom. The van der Waals surface area contributed by atoms with Gasteiger partial charge in [0.1, 0.15) is 23.9 Å². The molecule has 12 heteroatoms. The van der Waals surface area contributed by atoms with Crippen molar-refractivity contribution in [1.82, 2.24) is 16.0 Å². The Hall–Kier alpha value is -3.67. The van der Waals surface area contributed by atoms with Crippen LogP contribution in [0.3, 0.4) is 0 Å². The molecule has 37 heavy (non-hydrogen) atoms. The highest BCUT2D eigenvalue weighted by molar-refractivity contribution is 5.94. The largest absolute Gasteiger partial charge is 0.508 e. The number of phenols is 1. The number of phenolic OH excluding ortho intramolecular Hbond substituents is 1. The second-order valence-corrected chi connectivity index (χ2v) is 9.73. The highest BCUT2D eigenvalue weighted by atomic mass is 16.4. The minimum atomic E-state index is -1.33. The van der Waals surface area contributed by atoms with E-state index in [0.29, 0.717) is 5.56 Å². The van der Waals surface area contributed by atoms with Gasteiger partial charge in [0.15, 0.2) is 0 Å². The van der Waals surface area contributed by atoms with Crippen molar-refractivity contribution in [2.75, 3.05) is 0 Å². The number of hydrogen-bond acceptors (Lipinski definition) is 7. The van der Waals surface area contributed by atoms with Gasteiger partial charge in [0, 0.05) is 6.42 Å². The maximum Gasteiger partial charge on any atom is 0.326 e. The lowest BCUT2D eigenvalue weighted by molar-refractivity contribution is -0.143. The number of carbonyl (C=O) groups is 5. The molecule has 8 N–H and O–H groups in total. The minimum Gasteiger partial charge on any atom is -0.508 e. The van der Waals surface area contributed by atoms with Crippen LogP contribution in [0.4, 0.5) is 0 Å². The summed E-state index contributed by atoms with van der Waals surface area (Å²) in [5.74, 6) is -5.02. The van der Waals surface area contributed by atoms with Gasteiger partial charge in [-0.15, -0.1) is 0 Å². The van der Waals surface area contributed by atoms with Gasteiger partial charge >= 0.3 is 11.9 Å². The molecule has 12 nitrogen and oxygen atoms in total. The molecule has 0 aromatic heterocycles. The summed E-state index contributed by atoms with van der Waals surface area (Å²) in [4.78, 5) is 61.2. The van der Waals surface area contributed by atoms with Crippen LogP contribution in [0.5, 0.6) is 5.75 Å². The number of aromatic hydroxyl groups is 1. The molecule has 0 bridgehead atoms. The third-order valence-corrected chi connectivity index (χ3v) is 5.58. The first-order chi connectivity index (χ1) is 17.2. The van der Waals surface area contributed by atoms with E-state index in [1.54, 1.807) is 39.8 Å². The summed E-state index contributed by atoms with van der Waals surface area (Å²) in [5, 5.41) is 35.3. The van der Waals surface area contributed by atoms with Gasteiger partial charge < -0.3 is 37.0 Å². The fourth-order valence-electron chi connectivity index (χ4n) is 3.54. The third kappa shape index (κ3) is 11.3. The first-order valence-corrected chi connectivity index (χ1v) is 12.1. The van der Waals surface area contributed by atoms with E-state index in [0.717, 1.165) is 0 Å². The smallest absolute Gasteiger partial charge is 0.326 e. The maximum absolute atomic E-state index is 13.1. The van der Waals surface area contributed by atoms with Gasteiger partial charge in [-0.25, -0.2) is 4.79 Å². The van der Waals surface area contributed by atoms with E-state index in [2.05, 4.69) is 16.0 Å². The van der Waals surface area contributed by atoms with Crippen LogP contribution in [-0.4, -0.2) is 69.1 Å². The first-order valence-electron chi connectivity index (χ1n) is 12.1. The molecule has 3 amide bonds. The molecule has 0 aliphatic heterocycles. The molecule has 0 radical (unpaired) electrons. The summed E-state index contributed by atoms with van der Waals surface area (Å²) in [6.07, 6.45) is -0.435. The summed E-state index contributed by atoms with van der Waals surface area (Å²) in [7, 11) is 0. The highest BCUT2D eigenvalue weighted by Crippen LogP contribution is 2.12. The number of nitrogens with one attached hydrogen (secondary N) is 3. The molecule has 0 saturated heterocycles. The summed E-state index contributed by atoms with van der Waals surface area (Å²) >= 11 is 0. The Kier molecular flexibility index (Phi) is 12.5. The van der Waals surface area contributed by atoms with Gasteiger partial charge in [-0.05, 0) is 48.8 Å². The van der Waals surface area contributed by atoms with E-state index < -0.39 is 66.2 Å². The second-order valence-electron chi connectivity index (χ2n) is 9.73. The normalized spacial score (nSPS) is 14.4. The van der Waals surface area contributed by atoms with Crippen LogP contribution in [0.25, 0.3) is 0 Å². The molecular formula is C25H38N4O8. The fraction of sp³-hybridized carbons (Fsp3) is 0.560. The number of carboxylic acid groups (broad SMARTS) is 2. The molecule has 0 spiro atoms. The van der Waals surface area contributed by atoms with Gasteiger partial charge in [-0.1, -0.05) is 39.8 Å². The monoisotopic (exact) mass is 522 g/mol. The number of carboxylic acids is 2. The van der Waals surface area contributed by atoms with E-state index in [9.17, 15) is 34.2 Å². The van der Waals surface area contributed by atoms with Crippen molar-refractivity contribution in [3.63, 3.8) is 0 Å². The summed E-state index contributed by atoms with van der Waals surface area (Å²) < 4.78 is 0. The molecule has 0 heterocycles. The number of benzene rings is 1. The quantitative estimate of drug-likeness (QED) is 0.169. The number of amides is 3. The Morgan fingerprint density at radius 3 is 1.89 bits per heavy atom. The number of aliphatic carboxylic acids is 2. The van der Waals surface area contributed by atoms with Crippen molar-refractivity contribution in [2.24, 2.45) is 17.6 Å². The number of nitrogens with two attached hydrogens (primary N) is 1. The molecule has 1 aromatic rings. The van der Waals surface area contributed by atoms with Crippen LogP contribution in [0, 0.1) is 11.8 Å². The fourth-order valence-corrected chi connectivity index (χ4v) is 3.54. The second kappa shape index (κ2) is 14.8. The molecule has 1 rings (SSSR count). The molecule has 0 aliphatic carbocycles. The molecule has 1 aromatic carbocycles. The SMILES string of the molecule is CC(C)CC(NC(=O)C(CCC(=O)O)NC(=O)C(NC(=O)C(N)Cc1ccc(O)cc1)C(C)C)C(=O)O. The zero-order valence-electron chi connectivity index (χ0n) is 21.6. The Labute approximate surface area is 216 Å². The van der Waals surface area contributed by atoms with Crippen LogP contribution in [0.2, 0.25) is 0 Å². The summed E-state index contributed by atoms with van der Waals surface area (Å²) in [5.41, 5.74) is 6.70. The highest BCUT2D eigenvalue weighted by Gasteiger charge is 2.32. The maximum atomic E-state index is 13.1. The van der Waals surface area contributed by atoms with Crippen LogP contribution in [-0.2, 0) is 30.4 Å². The average Bonchev–Trinajstić information content (AvgIpc) is 2.79. The molecule has 4 unspecified atom stereocenters. The summed E-state index contributed by atoms with van der Waals surface area (Å²) in [6, 6.07) is 1.51. The number of hydrogen-bond donors (Lipinski definition) is 7. The lowest BCUT2D eigenvalue weighted by atomic mass is 10.00. The molecule has 206 valence electrons. The van der Waals surface area contributed by atoms with Crippen molar-refractivity contribution < 1.29 is 39.3 Å². The van der Waals surface area contributed by atoms with E-state index >= 15 is 0 Å². The van der Waals surface area contributed by atoms with Crippen LogP contribution < -0.4 is 21.7 Å². The van der Waals surface area contributed by atoms with Crippen molar-refractivity contribution in [2.45, 2.75) is 77.5 Å². The van der Waals surface area contributed by atoms with E-state index in [1.807, 2.05) is 0 Å². The van der Waals surface area contributed by atoms with Gasteiger partial charge in [0.25, 0.3) is 0 Å². The van der Waals surface area contributed by atoms with Crippen molar-refractivity contribution in [3.05, 3.63) is 29.8 Å². The number of rotatable bonds is 15. The Balaban J connectivity index is 2.95. The van der Waals surface area contributed by atoms with Crippen LogP contribution in [0.15, 0.2) is 24.3 Å². The molecular weight excluding hydrogens is 484 g/mol. The van der Waals surface area contributed by atoms with Crippen LogP contribution in [0.1, 0.15) is 52.5 Å². The lowest BCUT2D eigenvalue weighted by Crippen LogP contribution is -2.58. The molecule has 0 fully saturated rings. The Morgan fingerprint density at radius 2 is 1.41 bits per heavy atom. The predicted molar refractivity (Wildman–Crippen MR) is 134 cm³/mol. The van der Waals surface area contributed by atoms with Gasteiger partial charge in [-0.2, -0.15) is 0 Å². The molecule has 4 atom stereocenters. The first kappa shape index (κ1) is 31.4. The average molecular weight is 523 g/mol. The van der Waals surface area contributed by atoms with Gasteiger partial charge in [-0.3, -0.25) is 19.2 Å². The molecule has 0 aliphatic rings. The van der Waals surface area contributed by atoms with Gasteiger partial charge in [0.2, 0.25) is 17.7 Å². The standard InChI is InChI=1S/C25H38N4O8/c1-13(2)11-19(25(36)37)28-23(34)18(9-10-20(31)32)27-24(35)21(14(3)4)29-22(33)17(26)12-15-5-7-16(30)8-6-15/h5-8,13-14,17-19,21,30H,9-12,26H2,1-4H3,(H,27,35)(H,28,34)(H,29,33)(H,31,32)(H,36,37). The van der Waals surface area contributed by atoms with Crippen LogP contribution >= 0.6 is 0 Å². The minimum absolute atomic E-state index is 0.0419. The van der Waals surface area contributed by atoms with E-state index in [-0.39, 0.29) is 30.9 Å². The number of carbonyl (C=O) groups excluding carboxylic acids is 3. The topological polar surface area (TPSA) is 208 Å².